The number of H-pyrrole nitrogens is 1. The molecule has 0 aliphatic carbocycles. The van der Waals surface area contributed by atoms with Gasteiger partial charge in [0.25, 0.3) is 5.56 Å². The highest BCUT2D eigenvalue weighted by molar-refractivity contribution is 7.22. The van der Waals surface area contributed by atoms with Gasteiger partial charge in [0.2, 0.25) is 0 Å². The predicted octanol–water partition coefficient (Wildman–Crippen LogP) is 2.90. The normalized spacial score (nSPS) is 15.6. The third-order valence-corrected chi connectivity index (χ3v) is 5.41. The van der Waals surface area contributed by atoms with Crippen molar-refractivity contribution in [2.45, 2.75) is 25.6 Å². The van der Waals surface area contributed by atoms with E-state index in [0.717, 1.165) is 31.1 Å². The molecule has 1 N–H and O–H groups in total. The van der Waals surface area contributed by atoms with E-state index >= 15 is 0 Å². The smallest absolute Gasteiger partial charge is 0.270 e. The molecule has 25 heavy (non-hydrogen) atoms. The summed E-state index contributed by atoms with van der Waals surface area (Å²) >= 11 is 1.36. The number of nitrogens with zero attached hydrogens (tertiary/aromatic N) is 3. The van der Waals surface area contributed by atoms with Gasteiger partial charge in [0.1, 0.15) is 23.2 Å². The molecule has 0 spiro atoms. The number of aromatic amines is 1. The molecular formula is C17H17FN4O2S. The lowest BCUT2D eigenvalue weighted by atomic mass is 10.1. The molecule has 2 aromatic heterocycles. The summed E-state index contributed by atoms with van der Waals surface area (Å²) in [7, 11) is 0. The van der Waals surface area contributed by atoms with Crippen molar-refractivity contribution in [1.82, 2.24) is 15.0 Å². The molecule has 130 valence electrons. The van der Waals surface area contributed by atoms with Crippen LogP contribution in [0.15, 0.2) is 35.4 Å². The van der Waals surface area contributed by atoms with Crippen molar-refractivity contribution >= 4 is 26.8 Å². The fourth-order valence-electron chi connectivity index (χ4n) is 2.96. The number of thiazole rings is 1. The molecule has 0 unspecified atom stereocenters. The summed E-state index contributed by atoms with van der Waals surface area (Å²) in [6.45, 7) is 1.03. The van der Waals surface area contributed by atoms with Gasteiger partial charge in [0, 0.05) is 31.5 Å². The van der Waals surface area contributed by atoms with E-state index in [1.165, 1.54) is 17.7 Å². The summed E-state index contributed by atoms with van der Waals surface area (Å²) in [6, 6.07) is 7.23. The number of hydrogen-bond acceptors (Lipinski definition) is 6. The van der Waals surface area contributed by atoms with Crippen molar-refractivity contribution in [2.24, 2.45) is 0 Å². The van der Waals surface area contributed by atoms with Gasteiger partial charge in [-0.2, -0.15) is 4.98 Å². The number of para-hydroxylation sites is 1. The average molecular weight is 360 g/mol. The second kappa shape index (κ2) is 6.79. The molecule has 0 amide bonds. The highest BCUT2D eigenvalue weighted by atomic mass is 32.1. The number of benzene rings is 1. The van der Waals surface area contributed by atoms with Crippen molar-refractivity contribution in [2.75, 3.05) is 18.0 Å². The predicted molar refractivity (Wildman–Crippen MR) is 95.2 cm³/mol. The van der Waals surface area contributed by atoms with E-state index in [-0.39, 0.29) is 11.7 Å². The van der Waals surface area contributed by atoms with Crippen molar-refractivity contribution in [3.63, 3.8) is 0 Å². The fraction of sp³-hybridized carbons (Fsp3) is 0.353. The highest BCUT2D eigenvalue weighted by Crippen LogP contribution is 2.29. The maximum absolute atomic E-state index is 13.0. The zero-order chi connectivity index (χ0) is 17.2. The van der Waals surface area contributed by atoms with Crippen LogP contribution in [0.25, 0.3) is 10.3 Å². The van der Waals surface area contributed by atoms with Gasteiger partial charge in [-0.1, -0.05) is 29.5 Å². The molecule has 1 saturated heterocycles. The van der Waals surface area contributed by atoms with E-state index in [1.807, 2.05) is 18.2 Å². The van der Waals surface area contributed by atoms with Crippen LogP contribution >= 0.6 is 11.3 Å². The number of alkyl halides is 1. The van der Waals surface area contributed by atoms with E-state index < -0.39 is 6.67 Å². The topological polar surface area (TPSA) is 71.1 Å². The lowest BCUT2D eigenvalue weighted by Gasteiger charge is -2.32. The molecule has 4 rings (SSSR count). The highest BCUT2D eigenvalue weighted by Gasteiger charge is 2.24. The van der Waals surface area contributed by atoms with Crippen molar-refractivity contribution in [3.8, 4) is 5.75 Å². The van der Waals surface area contributed by atoms with Crippen LogP contribution in [-0.4, -0.2) is 34.1 Å². The Morgan fingerprint density at radius 3 is 2.88 bits per heavy atom. The van der Waals surface area contributed by atoms with Crippen LogP contribution in [0.4, 0.5) is 9.52 Å². The van der Waals surface area contributed by atoms with Gasteiger partial charge < -0.3 is 14.6 Å². The zero-order valence-electron chi connectivity index (χ0n) is 13.4. The van der Waals surface area contributed by atoms with Gasteiger partial charge in [-0.25, -0.2) is 9.37 Å². The Kier molecular flexibility index (Phi) is 4.35. The van der Waals surface area contributed by atoms with Crippen LogP contribution in [0.5, 0.6) is 5.75 Å². The first kappa shape index (κ1) is 16.0. The maximum Gasteiger partial charge on any atom is 0.270 e. The Hall–Kier alpha value is -2.48. The molecule has 0 atom stereocenters. The number of rotatable bonds is 4. The molecule has 3 heterocycles. The zero-order valence-corrected chi connectivity index (χ0v) is 14.3. The molecule has 1 aliphatic rings. The fourth-order valence-corrected chi connectivity index (χ4v) is 3.93. The largest absolute Gasteiger partial charge is 0.490 e. The number of piperidine rings is 1. The van der Waals surface area contributed by atoms with Crippen LogP contribution in [0.1, 0.15) is 18.4 Å². The summed E-state index contributed by atoms with van der Waals surface area (Å²) in [4.78, 5) is 25.1. The number of hydrogen-bond donors (Lipinski definition) is 1. The number of aromatic nitrogens is 3. The summed E-state index contributed by atoms with van der Waals surface area (Å²) < 4.78 is 19.6. The number of halogens is 1. The first-order valence-corrected chi connectivity index (χ1v) is 8.96. The van der Waals surface area contributed by atoms with Crippen molar-refractivity contribution in [1.29, 1.82) is 0 Å². The molecule has 0 bridgehead atoms. The van der Waals surface area contributed by atoms with Crippen LogP contribution in [0, 0.1) is 0 Å². The Balaban J connectivity index is 1.44. The molecule has 6 nitrogen and oxygen atoms in total. The summed E-state index contributed by atoms with van der Waals surface area (Å²) in [6.07, 6.45) is 3.07. The van der Waals surface area contributed by atoms with Crippen molar-refractivity contribution in [3.05, 3.63) is 46.5 Å². The Morgan fingerprint density at radius 2 is 2.12 bits per heavy atom. The summed E-state index contributed by atoms with van der Waals surface area (Å²) in [5.74, 6) is 0.624. The van der Waals surface area contributed by atoms with Gasteiger partial charge in [-0.3, -0.25) is 4.79 Å². The van der Waals surface area contributed by atoms with E-state index in [2.05, 4.69) is 19.9 Å². The quantitative estimate of drug-likeness (QED) is 0.775. The standard InChI is InChI=1S/C17H17FN4O2S/c18-9-11-3-1-2-4-13(11)24-12-5-7-22(8-6-12)17-21-15-14(25-17)16(23)20-10-19-15/h1-4,10,12H,5-9H2,(H,19,20,23). The molecule has 1 aliphatic heterocycles. The Bertz CT molecular complexity index is 934. The van der Waals surface area contributed by atoms with Gasteiger partial charge in [0.05, 0.1) is 6.33 Å². The van der Waals surface area contributed by atoms with Gasteiger partial charge in [0.15, 0.2) is 10.8 Å². The second-order valence-electron chi connectivity index (χ2n) is 5.93. The van der Waals surface area contributed by atoms with Gasteiger partial charge >= 0.3 is 0 Å². The van der Waals surface area contributed by atoms with E-state index in [4.69, 9.17) is 4.74 Å². The van der Waals surface area contributed by atoms with Crippen LogP contribution in [0.3, 0.4) is 0 Å². The average Bonchev–Trinajstić information content (AvgIpc) is 3.08. The Labute approximate surface area is 147 Å². The summed E-state index contributed by atoms with van der Waals surface area (Å²) in [5.41, 5.74) is 0.912. The molecule has 8 heteroatoms. The molecule has 0 saturated carbocycles. The number of nitrogens with one attached hydrogen (secondary N) is 1. The lowest BCUT2D eigenvalue weighted by Crippen LogP contribution is -2.38. The third kappa shape index (κ3) is 3.21. The second-order valence-corrected chi connectivity index (χ2v) is 6.90. The van der Waals surface area contributed by atoms with Crippen LogP contribution < -0.4 is 15.2 Å². The molecule has 1 aromatic carbocycles. The summed E-state index contributed by atoms with van der Waals surface area (Å²) in [5, 5.41) is 0.807. The monoisotopic (exact) mass is 360 g/mol. The maximum atomic E-state index is 13.0. The Morgan fingerprint density at radius 1 is 1.32 bits per heavy atom. The minimum absolute atomic E-state index is 0.0554. The van der Waals surface area contributed by atoms with E-state index in [0.29, 0.717) is 21.7 Å². The third-order valence-electron chi connectivity index (χ3n) is 4.31. The molecule has 1 fully saturated rings. The number of anilines is 1. The van der Waals surface area contributed by atoms with Crippen molar-refractivity contribution < 1.29 is 9.13 Å². The number of ether oxygens (including phenoxy) is 1. The lowest BCUT2D eigenvalue weighted by molar-refractivity contribution is 0.168. The molecular weight excluding hydrogens is 343 g/mol. The first-order chi connectivity index (χ1) is 12.2. The number of fused-ring (bicyclic) bond motifs is 1. The molecule has 3 aromatic rings. The minimum atomic E-state index is -0.526. The van der Waals surface area contributed by atoms with Gasteiger partial charge in [-0.15, -0.1) is 0 Å². The van der Waals surface area contributed by atoms with Gasteiger partial charge in [-0.05, 0) is 6.07 Å². The van der Waals surface area contributed by atoms with E-state index in [9.17, 15) is 9.18 Å². The first-order valence-electron chi connectivity index (χ1n) is 8.14. The minimum Gasteiger partial charge on any atom is -0.490 e. The van der Waals surface area contributed by atoms with E-state index in [1.54, 1.807) is 6.07 Å². The SMILES string of the molecule is O=c1[nH]cnc2nc(N3CCC(Oc4ccccc4CF)CC3)sc12. The molecule has 0 radical (unpaired) electrons. The van der Waals surface area contributed by atoms with Crippen LogP contribution in [0.2, 0.25) is 0 Å². The van der Waals surface area contributed by atoms with Crippen LogP contribution in [-0.2, 0) is 6.67 Å².